The first-order valence-corrected chi connectivity index (χ1v) is 6.50. The Morgan fingerprint density at radius 3 is 2.73 bits per heavy atom. The van der Waals surface area contributed by atoms with E-state index in [1.54, 1.807) is 25.1 Å². The molecule has 1 unspecified atom stereocenters. The summed E-state index contributed by atoms with van der Waals surface area (Å²) in [7, 11) is 1.24. The minimum absolute atomic E-state index is 0.180. The van der Waals surface area contributed by atoms with E-state index in [1.807, 2.05) is 0 Å². The van der Waals surface area contributed by atoms with Crippen LogP contribution in [0.3, 0.4) is 0 Å². The molecule has 7 heteroatoms. The predicted octanol–water partition coefficient (Wildman–Crippen LogP) is 0.790. The topological polar surface area (TPSA) is 111 Å². The van der Waals surface area contributed by atoms with Gasteiger partial charge >= 0.3 is 5.97 Å². The van der Waals surface area contributed by atoms with Crippen LogP contribution >= 0.6 is 0 Å². The monoisotopic (exact) mass is 303 g/mol. The average molecular weight is 303 g/mol. The van der Waals surface area contributed by atoms with Crippen molar-refractivity contribution >= 4 is 17.6 Å². The fourth-order valence-electron chi connectivity index (χ4n) is 1.55. The Balaban J connectivity index is 2.88. The Morgan fingerprint density at radius 2 is 2.14 bits per heavy atom. The van der Waals surface area contributed by atoms with Crippen molar-refractivity contribution < 1.29 is 19.4 Å². The zero-order valence-corrected chi connectivity index (χ0v) is 12.3. The third-order valence-electron chi connectivity index (χ3n) is 2.61. The van der Waals surface area contributed by atoms with Gasteiger partial charge < -0.3 is 20.5 Å². The van der Waals surface area contributed by atoms with Crippen LogP contribution in [0, 0.1) is 11.3 Å². The minimum Gasteiger partial charge on any atom is -0.465 e. The number of methoxy groups -OCH3 is 1. The Bertz CT molecular complexity index is 617. The van der Waals surface area contributed by atoms with Gasteiger partial charge in [-0.05, 0) is 19.1 Å². The summed E-state index contributed by atoms with van der Waals surface area (Å²) in [6, 6.07) is 8.05. The molecule has 0 bridgehead atoms. The maximum absolute atomic E-state index is 12.0. The van der Waals surface area contributed by atoms with Crippen LogP contribution in [-0.4, -0.2) is 36.7 Å². The summed E-state index contributed by atoms with van der Waals surface area (Å²) < 4.78 is 4.63. The van der Waals surface area contributed by atoms with Crippen molar-refractivity contribution in [1.29, 1.82) is 5.26 Å². The fraction of sp³-hybridized carbons (Fsp3) is 0.267. The van der Waals surface area contributed by atoms with E-state index in [0.29, 0.717) is 0 Å². The third kappa shape index (κ3) is 4.92. The number of anilines is 1. The molecule has 1 amide bonds. The number of hydrogen-bond donors (Lipinski definition) is 3. The van der Waals surface area contributed by atoms with Gasteiger partial charge in [-0.1, -0.05) is 12.1 Å². The van der Waals surface area contributed by atoms with Gasteiger partial charge in [0.2, 0.25) is 0 Å². The second-order valence-electron chi connectivity index (χ2n) is 4.42. The molecule has 1 rings (SSSR count). The maximum Gasteiger partial charge on any atom is 0.339 e. The van der Waals surface area contributed by atoms with E-state index in [9.17, 15) is 9.59 Å². The normalized spacial score (nSPS) is 12.0. The zero-order valence-electron chi connectivity index (χ0n) is 12.3. The molecule has 1 aromatic carbocycles. The van der Waals surface area contributed by atoms with Crippen LogP contribution in [0.25, 0.3) is 0 Å². The van der Waals surface area contributed by atoms with E-state index in [4.69, 9.17) is 10.4 Å². The number of amides is 1. The summed E-state index contributed by atoms with van der Waals surface area (Å²) in [5.74, 6) is -1.26. The van der Waals surface area contributed by atoms with Crippen LogP contribution in [0.4, 0.5) is 5.69 Å². The van der Waals surface area contributed by atoms with E-state index in [1.165, 1.54) is 25.4 Å². The number of ether oxygens (including phenoxy) is 1. The summed E-state index contributed by atoms with van der Waals surface area (Å²) >= 11 is 0. The van der Waals surface area contributed by atoms with Crippen molar-refractivity contribution in [3.05, 3.63) is 41.6 Å². The number of carbonyl (C=O) groups excluding carboxylic acids is 2. The van der Waals surface area contributed by atoms with Gasteiger partial charge in [0, 0.05) is 12.7 Å². The summed E-state index contributed by atoms with van der Waals surface area (Å²) in [6.45, 7) is 1.77. The van der Waals surface area contributed by atoms with E-state index in [2.05, 4.69) is 15.4 Å². The number of rotatable bonds is 6. The lowest BCUT2D eigenvalue weighted by atomic mass is 10.1. The highest BCUT2D eigenvalue weighted by Crippen LogP contribution is 2.16. The third-order valence-corrected chi connectivity index (χ3v) is 2.61. The number of hydrogen-bond acceptors (Lipinski definition) is 6. The van der Waals surface area contributed by atoms with Crippen molar-refractivity contribution in [3.63, 3.8) is 0 Å². The van der Waals surface area contributed by atoms with Crippen molar-refractivity contribution in [3.8, 4) is 6.07 Å². The molecule has 0 aliphatic heterocycles. The van der Waals surface area contributed by atoms with Crippen LogP contribution in [0.1, 0.15) is 17.3 Å². The largest absolute Gasteiger partial charge is 0.465 e. The molecule has 116 valence electrons. The van der Waals surface area contributed by atoms with Crippen molar-refractivity contribution in [2.24, 2.45) is 0 Å². The van der Waals surface area contributed by atoms with Crippen LogP contribution in [0.2, 0.25) is 0 Å². The first-order chi connectivity index (χ1) is 10.5. The van der Waals surface area contributed by atoms with Gasteiger partial charge in [-0.25, -0.2) is 4.79 Å². The molecule has 0 heterocycles. The second kappa shape index (κ2) is 8.44. The smallest absolute Gasteiger partial charge is 0.339 e. The molecule has 0 saturated heterocycles. The molecule has 0 aliphatic carbocycles. The highest BCUT2D eigenvalue weighted by molar-refractivity contribution is 6.09. The van der Waals surface area contributed by atoms with Crippen molar-refractivity contribution in [1.82, 2.24) is 5.32 Å². The number of nitrogens with one attached hydrogen (secondary N) is 2. The summed E-state index contributed by atoms with van der Waals surface area (Å²) in [5, 5.41) is 23.2. The number of aliphatic hydroxyl groups is 1. The SMILES string of the molecule is COC(=O)c1ccccc1NC(=O)/C(C#N)=C\NCC(C)O. The minimum atomic E-state index is -0.669. The van der Waals surface area contributed by atoms with Crippen LogP contribution < -0.4 is 10.6 Å². The van der Waals surface area contributed by atoms with E-state index < -0.39 is 18.0 Å². The highest BCUT2D eigenvalue weighted by Gasteiger charge is 2.15. The lowest BCUT2D eigenvalue weighted by Crippen LogP contribution is -2.22. The van der Waals surface area contributed by atoms with Gasteiger partial charge in [-0.15, -0.1) is 0 Å². The molecule has 0 fully saturated rings. The molecule has 0 aliphatic rings. The number of nitrogens with zero attached hydrogens (tertiary/aromatic N) is 1. The number of para-hydroxylation sites is 1. The quantitative estimate of drug-likeness (QED) is 0.407. The Kier molecular flexibility index (Phi) is 6.60. The van der Waals surface area contributed by atoms with Crippen LogP contribution in [0.5, 0.6) is 0 Å². The summed E-state index contributed by atoms with van der Waals surface area (Å²) in [5.41, 5.74) is 0.254. The summed E-state index contributed by atoms with van der Waals surface area (Å²) in [6.07, 6.45) is 0.599. The lowest BCUT2D eigenvalue weighted by Gasteiger charge is -2.09. The first-order valence-electron chi connectivity index (χ1n) is 6.50. The molecule has 3 N–H and O–H groups in total. The molecule has 7 nitrogen and oxygen atoms in total. The van der Waals surface area contributed by atoms with E-state index >= 15 is 0 Å². The van der Waals surface area contributed by atoms with Gasteiger partial charge in [0.05, 0.1) is 24.5 Å². The van der Waals surface area contributed by atoms with Crippen molar-refractivity contribution in [2.75, 3.05) is 19.0 Å². The van der Waals surface area contributed by atoms with E-state index in [0.717, 1.165) is 0 Å². The molecule has 1 aromatic rings. The average Bonchev–Trinajstić information content (AvgIpc) is 2.51. The summed E-state index contributed by atoms with van der Waals surface area (Å²) in [4.78, 5) is 23.6. The molecule has 22 heavy (non-hydrogen) atoms. The molecule has 0 radical (unpaired) electrons. The molecule has 0 saturated carbocycles. The van der Waals surface area contributed by atoms with Gasteiger partial charge in [-0.2, -0.15) is 5.26 Å². The molecule has 0 spiro atoms. The van der Waals surface area contributed by atoms with E-state index in [-0.39, 0.29) is 23.4 Å². The molecule has 1 atom stereocenters. The molecular formula is C15H17N3O4. The van der Waals surface area contributed by atoms with Gasteiger partial charge in [0.1, 0.15) is 11.6 Å². The van der Waals surface area contributed by atoms with Gasteiger partial charge in [0.25, 0.3) is 5.91 Å². The number of carbonyl (C=O) groups is 2. The Hall–Kier alpha value is -2.85. The number of esters is 1. The highest BCUT2D eigenvalue weighted by atomic mass is 16.5. The van der Waals surface area contributed by atoms with Crippen molar-refractivity contribution in [2.45, 2.75) is 13.0 Å². The maximum atomic E-state index is 12.0. The predicted molar refractivity (Wildman–Crippen MR) is 79.8 cm³/mol. The lowest BCUT2D eigenvalue weighted by molar-refractivity contribution is -0.112. The number of benzene rings is 1. The molecule has 0 aromatic heterocycles. The first kappa shape index (κ1) is 17.2. The Labute approximate surface area is 128 Å². The standard InChI is InChI=1S/C15H17N3O4/c1-10(19)8-17-9-11(7-16)14(20)18-13-6-4-3-5-12(13)15(21)22-2/h3-6,9-10,17,19H,8H2,1-2H3,(H,18,20)/b11-9-. The zero-order chi connectivity index (χ0) is 16.5. The fourth-order valence-corrected chi connectivity index (χ4v) is 1.55. The van der Waals surface area contributed by atoms with Crippen LogP contribution in [0.15, 0.2) is 36.0 Å². The number of aliphatic hydroxyl groups excluding tert-OH is 1. The number of nitriles is 1. The Morgan fingerprint density at radius 1 is 1.45 bits per heavy atom. The van der Waals surface area contributed by atoms with Gasteiger partial charge in [-0.3, -0.25) is 4.79 Å². The van der Waals surface area contributed by atoms with Gasteiger partial charge in [0.15, 0.2) is 0 Å². The van der Waals surface area contributed by atoms with Crippen LogP contribution in [-0.2, 0) is 9.53 Å². The second-order valence-corrected chi connectivity index (χ2v) is 4.42. The molecular weight excluding hydrogens is 286 g/mol.